The van der Waals surface area contributed by atoms with E-state index in [1.54, 1.807) is 24.3 Å². The van der Waals surface area contributed by atoms with Crippen LogP contribution in [-0.2, 0) is 19.1 Å². The van der Waals surface area contributed by atoms with E-state index in [4.69, 9.17) is 9.47 Å². The molecule has 1 heterocycles. The molecule has 3 amide bonds. The third-order valence-electron chi connectivity index (χ3n) is 5.82. The normalized spacial score (nSPS) is 16.3. The maximum atomic E-state index is 13.5. The van der Waals surface area contributed by atoms with Crippen LogP contribution in [0.5, 0.6) is 0 Å². The topological polar surface area (TPSA) is 76.2 Å². The lowest BCUT2D eigenvalue weighted by molar-refractivity contribution is -0.128. The van der Waals surface area contributed by atoms with E-state index in [1.165, 1.54) is 24.0 Å². The molecule has 0 saturated carbocycles. The Bertz CT molecular complexity index is 982. The molecule has 1 unspecified atom stereocenters. The van der Waals surface area contributed by atoms with Crippen molar-refractivity contribution in [1.82, 2.24) is 4.90 Å². The molecule has 1 saturated heterocycles. The van der Waals surface area contributed by atoms with Gasteiger partial charge in [0, 0.05) is 19.8 Å². The van der Waals surface area contributed by atoms with Crippen LogP contribution in [0.2, 0.25) is 0 Å². The van der Waals surface area contributed by atoms with Crippen LogP contribution < -0.4 is 4.90 Å². The zero-order valence-electron chi connectivity index (χ0n) is 19.2. The van der Waals surface area contributed by atoms with Gasteiger partial charge in [-0.1, -0.05) is 44.2 Å². The second-order valence-electron chi connectivity index (χ2n) is 8.21. The fraction of sp³-hybridized carbons (Fsp3) is 0.400. The van der Waals surface area contributed by atoms with Crippen LogP contribution in [0.1, 0.15) is 47.7 Å². The van der Waals surface area contributed by atoms with E-state index in [1.807, 2.05) is 31.2 Å². The summed E-state index contributed by atoms with van der Waals surface area (Å²) < 4.78 is 10.6. The Morgan fingerprint density at radius 3 is 2.25 bits per heavy atom. The van der Waals surface area contributed by atoms with Crippen molar-refractivity contribution in [1.29, 1.82) is 0 Å². The van der Waals surface area contributed by atoms with Gasteiger partial charge >= 0.3 is 0 Å². The third kappa shape index (κ3) is 4.74. The van der Waals surface area contributed by atoms with Crippen molar-refractivity contribution < 1.29 is 23.9 Å². The summed E-state index contributed by atoms with van der Waals surface area (Å²) in [5.41, 5.74) is 2.87. The van der Waals surface area contributed by atoms with Crippen LogP contribution in [0.25, 0.3) is 0 Å². The van der Waals surface area contributed by atoms with Gasteiger partial charge in [-0.25, -0.2) is 4.90 Å². The van der Waals surface area contributed by atoms with Crippen molar-refractivity contribution in [2.24, 2.45) is 0 Å². The Hall–Kier alpha value is -3.03. The molecule has 0 N–H and O–H groups in total. The zero-order chi connectivity index (χ0) is 23.4. The van der Waals surface area contributed by atoms with Crippen molar-refractivity contribution in [2.75, 3.05) is 25.7 Å². The molecule has 1 atom stereocenters. The van der Waals surface area contributed by atoms with Gasteiger partial charge in [0.05, 0.1) is 18.7 Å². The molecule has 170 valence electrons. The molecule has 2 aromatic carbocycles. The fourth-order valence-corrected chi connectivity index (χ4v) is 3.86. The number of carbonyl (C=O) groups excluding carboxylic acids is 3. The highest BCUT2D eigenvalue weighted by atomic mass is 16.7. The van der Waals surface area contributed by atoms with Gasteiger partial charge in [-0.15, -0.1) is 0 Å². The molecule has 3 rings (SSSR count). The number of ether oxygens (including phenoxy) is 2. The van der Waals surface area contributed by atoms with E-state index >= 15 is 0 Å². The number of nitrogens with zero attached hydrogens (tertiary/aromatic N) is 2. The third-order valence-corrected chi connectivity index (χ3v) is 5.82. The minimum Gasteiger partial charge on any atom is -0.354 e. The lowest BCUT2D eigenvalue weighted by atomic mass is 10.0. The average molecular weight is 439 g/mol. The molecular formula is C25H30N2O5. The van der Waals surface area contributed by atoms with Gasteiger partial charge in [-0.05, 0) is 42.2 Å². The summed E-state index contributed by atoms with van der Waals surface area (Å²) in [5.74, 6) is -0.777. The largest absolute Gasteiger partial charge is 0.354 e. The first-order chi connectivity index (χ1) is 15.3. The molecule has 0 spiro atoms. The van der Waals surface area contributed by atoms with E-state index in [0.29, 0.717) is 17.2 Å². The summed E-state index contributed by atoms with van der Waals surface area (Å²) in [4.78, 5) is 42.3. The van der Waals surface area contributed by atoms with Crippen LogP contribution >= 0.6 is 0 Å². The molecule has 0 aliphatic carbocycles. The van der Waals surface area contributed by atoms with Crippen molar-refractivity contribution in [3.8, 4) is 0 Å². The number of aryl methyl sites for hydroxylation is 1. The van der Waals surface area contributed by atoms with Crippen LogP contribution in [0, 0.1) is 6.92 Å². The van der Waals surface area contributed by atoms with Gasteiger partial charge in [0.2, 0.25) is 5.91 Å². The van der Waals surface area contributed by atoms with Gasteiger partial charge in [-0.3, -0.25) is 14.4 Å². The first-order valence-electron chi connectivity index (χ1n) is 10.7. The number of benzene rings is 2. The van der Waals surface area contributed by atoms with Gasteiger partial charge in [0.25, 0.3) is 11.8 Å². The first-order valence-corrected chi connectivity index (χ1v) is 10.7. The van der Waals surface area contributed by atoms with Crippen molar-refractivity contribution in [2.45, 2.75) is 45.4 Å². The van der Waals surface area contributed by atoms with Gasteiger partial charge in [0.15, 0.2) is 6.29 Å². The van der Waals surface area contributed by atoms with Crippen molar-refractivity contribution >= 4 is 23.4 Å². The second-order valence-corrected chi connectivity index (χ2v) is 8.21. The molecule has 0 radical (unpaired) electrons. The Morgan fingerprint density at radius 2 is 1.69 bits per heavy atom. The minimum absolute atomic E-state index is 0.0178. The van der Waals surface area contributed by atoms with E-state index < -0.39 is 18.2 Å². The molecule has 1 fully saturated rings. The minimum atomic E-state index is -0.938. The predicted molar refractivity (Wildman–Crippen MR) is 121 cm³/mol. The van der Waals surface area contributed by atoms with Crippen LogP contribution in [0.15, 0.2) is 48.5 Å². The van der Waals surface area contributed by atoms with Gasteiger partial charge < -0.3 is 14.4 Å². The fourth-order valence-electron chi connectivity index (χ4n) is 3.86. The number of hydrogen-bond acceptors (Lipinski definition) is 5. The van der Waals surface area contributed by atoms with Crippen LogP contribution in [-0.4, -0.2) is 55.7 Å². The standard InChI is InChI=1S/C25H30N2O5/c1-16(2)18-10-12-19(13-11-18)27-22(28)14-21(25(27)30)26(15-23(31-4)32-5)24(29)20-9-7-6-8-17(20)3/h6-13,16,21,23H,14-15H2,1-5H3. The van der Waals surface area contributed by atoms with E-state index in [0.717, 1.165) is 11.1 Å². The molecule has 0 aromatic heterocycles. The number of amides is 3. The van der Waals surface area contributed by atoms with Gasteiger partial charge in [0.1, 0.15) is 6.04 Å². The smallest absolute Gasteiger partial charge is 0.257 e. The lowest BCUT2D eigenvalue weighted by Crippen LogP contribution is -2.49. The summed E-state index contributed by atoms with van der Waals surface area (Å²) >= 11 is 0. The maximum Gasteiger partial charge on any atom is 0.257 e. The highest BCUT2D eigenvalue weighted by molar-refractivity contribution is 6.23. The Labute approximate surface area is 188 Å². The summed E-state index contributed by atoms with van der Waals surface area (Å²) in [7, 11) is 2.93. The number of methoxy groups -OCH3 is 2. The summed E-state index contributed by atoms with van der Waals surface area (Å²) in [6.07, 6.45) is -0.826. The highest BCUT2D eigenvalue weighted by Crippen LogP contribution is 2.29. The number of carbonyl (C=O) groups is 3. The van der Waals surface area contributed by atoms with E-state index in [-0.39, 0.29) is 24.8 Å². The van der Waals surface area contributed by atoms with Gasteiger partial charge in [-0.2, -0.15) is 0 Å². The molecule has 7 nitrogen and oxygen atoms in total. The Balaban J connectivity index is 1.94. The number of imide groups is 1. The van der Waals surface area contributed by atoms with E-state index in [9.17, 15) is 14.4 Å². The highest BCUT2D eigenvalue weighted by Gasteiger charge is 2.45. The van der Waals surface area contributed by atoms with Crippen LogP contribution in [0.3, 0.4) is 0 Å². The number of rotatable bonds is 8. The zero-order valence-corrected chi connectivity index (χ0v) is 19.2. The Morgan fingerprint density at radius 1 is 1.06 bits per heavy atom. The monoisotopic (exact) mass is 438 g/mol. The van der Waals surface area contributed by atoms with E-state index in [2.05, 4.69) is 13.8 Å². The van der Waals surface area contributed by atoms with Crippen molar-refractivity contribution in [3.63, 3.8) is 0 Å². The number of anilines is 1. The molecular weight excluding hydrogens is 408 g/mol. The molecule has 1 aliphatic heterocycles. The lowest BCUT2D eigenvalue weighted by Gasteiger charge is -2.30. The molecule has 2 aromatic rings. The summed E-state index contributed by atoms with van der Waals surface area (Å²) in [5, 5.41) is 0. The van der Waals surface area contributed by atoms with Crippen molar-refractivity contribution in [3.05, 3.63) is 65.2 Å². The average Bonchev–Trinajstić information content (AvgIpc) is 3.08. The summed E-state index contributed by atoms with van der Waals surface area (Å²) in [6.45, 7) is 6.01. The predicted octanol–water partition coefficient (Wildman–Crippen LogP) is 3.51. The molecule has 7 heteroatoms. The van der Waals surface area contributed by atoms with Crippen LogP contribution in [0.4, 0.5) is 5.69 Å². The molecule has 1 aliphatic rings. The summed E-state index contributed by atoms with van der Waals surface area (Å²) in [6, 6.07) is 13.6. The Kier molecular flexibility index (Phi) is 7.43. The first kappa shape index (κ1) is 23.6. The molecule has 0 bridgehead atoms. The maximum absolute atomic E-state index is 13.5. The molecule has 32 heavy (non-hydrogen) atoms. The quantitative estimate of drug-likeness (QED) is 0.466. The second kappa shape index (κ2) is 10.1. The number of hydrogen-bond donors (Lipinski definition) is 0. The SMILES string of the molecule is COC(CN(C(=O)c1ccccc1C)C1CC(=O)N(c2ccc(C(C)C)cc2)C1=O)OC.